The van der Waals surface area contributed by atoms with E-state index in [2.05, 4.69) is 0 Å². The predicted molar refractivity (Wildman–Crippen MR) is 65.9 cm³/mol. The Morgan fingerprint density at radius 2 is 0.714 bits per heavy atom. The summed E-state index contributed by atoms with van der Waals surface area (Å²) in [5, 5.41) is 0.389. The number of hydrogen-bond donors (Lipinski definition) is 0. The highest BCUT2D eigenvalue weighted by Crippen LogP contribution is 1.73. The van der Waals surface area contributed by atoms with Crippen molar-refractivity contribution >= 4 is 58.0 Å². The number of Topliss-reactive ketones (excluding diaryl/α,β-unsaturated/α-hetero) is 2. The van der Waals surface area contributed by atoms with E-state index in [1.807, 2.05) is 0 Å². The second kappa shape index (κ2) is 29.2. The maximum Gasteiger partial charge on any atom is 0.126 e. The molecule has 0 aliphatic heterocycles. The lowest BCUT2D eigenvalue weighted by atomic mass is 10.6. The van der Waals surface area contributed by atoms with E-state index in [0.29, 0.717) is 0 Å². The van der Waals surface area contributed by atoms with Crippen molar-refractivity contribution < 1.29 is 9.59 Å². The van der Waals surface area contributed by atoms with Gasteiger partial charge in [-0.05, 0) is 27.7 Å². The first-order chi connectivity index (χ1) is 6.29. The number of alkyl halides is 4. The average molecular weight is 286 g/mol. The van der Waals surface area contributed by atoms with Gasteiger partial charge in [-0.1, -0.05) is 0 Å². The fourth-order valence-corrected chi connectivity index (χ4v) is 0. The molecular formula is C8H16Cl4O2. The highest BCUT2D eigenvalue weighted by molar-refractivity contribution is 6.40. The molecule has 0 saturated carbocycles. The summed E-state index contributed by atoms with van der Waals surface area (Å²) in [7, 11) is 0. The van der Waals surface area contributed by atoms with E-state index in [4.69, 9.17) is 46.4 Å². The van der Waals surface area contributed by atoms with Crippen LogP contribution < -0.4 is 0 Å². The minimum Gasteiger partial charge on any atom is -0.300 e. The molecular weight excluding hydrogens is 270 g/mol. The summed E-state index contributed by atoms with van der Waals surface area (Å²) >= 11 is 19.1. The first-order valence-electron chi connectivity index (χ1n) is 3.48. The summed E-state index contributed by atoms with van der Waals surface area (Å²) in [4.78, 5) is 18.9. The van der Waals surface area contributed by atoms with Crippen molar-refractivity contribution in [1.29, 1.82) is 0 Å². The first kappa shape index (κ1) is 24.0. The van der Waals surface area contributed by atoms with E-state index in [9.17, 15) is 9.59 Å². The van der Waals surface area contributed by atoms with Gasteiger partial charge in [-0.25, -0.2) is 0 Å². The van der Waals surface area contributed by atoms with Crippen LogP contribution in [0.25, 0.3) is 0 Å². The predicted octanol–water partition coefficient (Wildman–Crippen LogP) is 4.03. The van der Waals surface area contributed by atoms with Crippen molar-refractivity contribution in [1.82, 2.24) is 0 Å². The Bertz CT molecular complexity index is 95.9. The standard InChI is InChI=1S/2C3H6O.2CH2Cl2/c2*1-3(2)4;2*2-1-3/h2*1-2H3;2*1H2. The van der Waals surface area contributed by atoms with Crippen LogP contribution in [0, 0.1) is 0 Å². The second-order valence-corrected chi connectivity index (χ2v) is 3.63. The lowest BCUT2D eigenvalue weighted by Gasteiger charge is -1.56. The molecule has 0 heterocycles. The first-order valence-corrected chi connectivity index (χ1v) is 5.62. The van der Waals surface area contributed by atoms with Crippen molar-refractivity contribution in [2.24, 2.45) is 0 Å². The third-order valence-corrected chi connectivity index (χ3v) is 0. The molecule has 0 aromatic heterocycles. The molecule has 14 heavy (non-hydrogen) atoms. The maximum absolute atomic E-state index is 9.44. The summed E-state index contributed by atoms with van der Waals surface area (Å²) in [6.07, 6.45) is 0. The molecule has 0 fully saturated rings. The molecule has 0 rings (SSSR count). The summed E-state index contributed by atoms with van der Waals surface area (Å²) in [6, 6.07) is 0. The van der Waals surface area contributed by atoms with E-state index in [1.54, 1.807) is 0 Å². The van der Waals surface area contributed by atoms with Crippen LogP contribution in [0.2, 0.25) is 0 Å². The van der Waals surface area contributed by atoms with Crippen LogP contribution in [0.5, 0.6) is 0 Å². The van der Waals surface area contributed by atoms with Crippen LogP contribution in [0.3, 0.4) is 0 Å². The van der Waals surface area contributed by atoms with Crippen molar-refractivity contribution in [2.75, 3.05) is 10.7 Å². The summed E-state index contributed by atoms with van der Waals surface area (Å²) in [5.41, 5.74) is 0. The molecule has 0 spiro atoms. The Kier molecular flexibility index (Phi) is 50.0. The number of rotatable bonds is 0. The summed E-state index contributed by atoms with van der Waals surface area (Å²) < 4.78 is 0. The quantitative estimate of drug-likeness (QED) is 0.630. The number of carbonyl (C=O) groups excluding carboxylic acids is 2. The van der Waals surface area contributed by atoms with E-state index in [-0.39, 0.29) is 22.2 Å². The molecule has 0 radical (unpaired) electrons. The van der Waals surface area contributed by atoms with Gasteiger partial charge in [-0.3, -0.25) is 0 Å². The van der Waals surface area contributed by atoms with Crippen LogP contribution in [0.4, 0.5) is 0 Å². The lowest BCUT2D eigenvalue weighted by molar-refractivity contribution is -0.115. The number of hydrogen-bond acceptors (Lipinski definition) is 2. The largest absolute Gasteiger partial charge is 0.300 e. The Balaban J connectivity index is -0.0000000482. The topological polar surface area (TPSA) is 34.1 Å². The molecule has 6 heteroatoms. The Labute approximate surface area is 106 Å². The summed E-state index contributed by atoms with van der Waals surface area (Å²) in [5.74, 6) is 0.333. The van der Waals surface area contributed by atoms with Crippen LogP contribution in [0.1, 0.15) is 27.7 Å². The minimum atomic E-state index is 0.167. The van der Waals surface area contributed by atoms with Gasteiger partial charge in [0.1, 0.15) is 11.6 Å². The van der Waals surface area contributed by atoms with Gasteiger partial charge in [0.2, 0.25) is 0 Å². The molecule has 0 saturated heterocycles. The SMILES string of the molecule is CC(C)=O.CC(C)=O.ClCCl.ClCCl. The van der Waals surface area contributed by atoms with Gasteiger partial charge < -0.3 is 9.59 Å². The lowest BCUT2D eigenvalue weighted by Crippen LogP contribution is -1.69. The van der Waals surface area contributed by atoms with Gasteiger partial charge in [0.05, 0.1) is 10.7 Å². The maximum atomic E-state index is 9.44. The fourth-order valence-electron chi connectivity index (χ4n) is 0. The smallest absolute Gasteiger partial charge is 0.126 e. The monoisotopic (exact) mass is 284 g/mol. The molecule has 0 aromatic carbocycles. The highest BCUT2D eigenvalue weighted by Gasteiger charge is 1.62. The Hall–Kier alpha value is 0.500. The number of ketones is 2. The van der Waals surface area contributed by atoms with Crippen LogP contribution in [-0.4, -0.2) is 22.2 Å². The van der Waals surface area contributed by atoms with Gasteiger partial charge >= 0.3 is 0 Å². The van der Waals surface area contributed by atoms with Gasteiger partial charge in [-0.15, -0.1) is 46.4 Å². The second-order valence-electron chi connectivity index (χ2n) is 2.02. The number of halogens is 4. The van der Waals surface area contributed by atoms with E-state index in [0.717, 1.165) is 0 Å². The Morgan fingerprint density at radius 3 is 0.714 bits per heavy atom. The molecule has 0 unspecified atom stereocenters. The van der Waals surface area contributed by atoms with E-state index >= 15 is 0 Å². The molecule has 0 aromatic rings. The van der Waals surface area contributed by atoms with Crippen molar-refractivity contribution in [2.45, 2.75) is 27.7 Å². The fraction of sp³-hybridized carbons (Fsp3) is 0.750. The van der Waals surface area contributed by atoms with Crippen molar-refractivity contribution in [3.63, 3.8) is 0 Å². The normalized spacial score (nSPS) is 6.29. The zero-order valence-corrected chi connectivity index (χ0v) is 11.8. The van der Waals surface area contributed by atoms with Gasteiger partial charge in [0, 0.05) is 0 Å². The molecule has 0 amide bonds. The molecule has 0 aliphatic rings. The van der Waals surface area contributed by atoms with Crippen LogP contribution in [-0.2, 0) is 9.59 Å². The van der Waals surface area contributed by atoms with Gasteiger partial charge in [-0.2, -0.15) is 0 Å². The molecule has 0 atom stereocenters. The molecule has 0 N–H and O–H groups in total. The third kappa shape index (κ3) is 6610. The van der Waals surface area contributed by atoms with Gasteiger partial charge in [0.25, 0.3) is 0 Å². The van der Waals surface area contributed by atoms with Crippen molar-refractivity contribution in [3.8, 4) is 0 Å². The Morgan fingerprint density at radius 1 is 0.714 bits per heavy atom. The highest BCUT2D eigenvalue weighted by atomic mass is 35.5. The van der Waals surface area contributed by atoms with Crippen LogP contribution in [0.15, 0.2) is 0 Å². The number of carbonyl (C=O) groups is 2. The average Bonchev–Trinajstić information content (AvgIpc) is 1.85. The van der Waals surface area contributed by atoms with Gasteiger partial charge in [0.15, 0.2) is 0 Å². The zero-order valence-electron chi connectivity index (χ0n) is 8.74. The van der Waals surface area contributed by atoms with E-state index in [1.165, 1.54) is 27.7 Å². The molecule has 88 valence electrons. The van der Waals surface area contributed by atoms with E-state index < -0.39 is 0 Å². The third-order valence-electron chi connectivity index (χ3n) is 0. The molecule has 0 bridgehead atoms. The molecule has 0 aliphatic carbocycles. The van der Waals surface area contributed by atoms with Crippen LogP contribution >= 0.6 is 46.4 Å². The summed E-state index contributed by atoms with van der Waals surface area (Å²) in [6.45, 7) is 6.11. The zero-order chi connectivity index (χ0) is 12.6. The minimum absolute atomic E-state index is 0.167. The molecule has 2 nitrogen and oxygen atoms in total. The van der Waals surface area contributed by atoms with Crippen molar-refractivity contribution in [3.05, 3.63) is 0 Å².